The van der Waals surface area contributed by atoms with Crippen LogP contribution in [0.5, 0.6) is 6.01 Å². The highest BCUT2D eigenvalue weighted by Crippen LogP contribution is 2.15. The van der Waals surface area contributed by atoms with E-state index in [9.17, 15) is 4.79 Å². The first-order valence-electron chi connectivity index (χ1n) is 5.98. The van der Waals surface area contributed by atoms with Gasteiger partial charge in [0.15, 0.2) is 0 Å². The number of carbonyl (C=O) groups excluding carboxylic acids is 1. The Hall–Kier alpha value is -2.37. The molecule has 0 unspecified atom stereocenters. The smallest absolute Gasteiger partial charge is 0.336 e. The third-order valence-electron chi connectivity index (χ3n) is 2.72. The molecular formula is C13H16N4O2. The summed E-state index contributed by atoms with van der Waals surface area (Å²) in [5.74, 6) is 0.458. The molecule has 0 fully saturated rings. The lowest BCUT2D eigenvalue weighted by molar-refractivity contribution is 0.102. The average Bonchev–Trinajstić information content (AvgIpc) is 2.86. The summed E-state index contributed by atoms with van der Waals surface area (Å²) in [6.07, 6.45) is 0. The highest BCUT2D eigenvalue weighted by molar-refractivity contribution is 6.03. The number of anilines is 1. The van der Waals surface area contributed by atoms with Gasteiger partial charge in [0.2, 0.25) is 5.95 Å². The molecule has 1 amide bonds. The SMILES string of the molecule is COc1n[nH]c(NC(=O)c2ccc(C(C)C)cc2)n1. The van der Waals surface area contributed by atoms with Crippen LogP contribution in [0.4, 0.5) is 5.95 Å². The molecule has 0 spiro atoms. The van der Waals surface area contributed by atoms with Gasteiger partial charge in [0.1, 0.15) is 0 Å². The van der Waals surface area contributed by atoms with Crippen molar-refractivity contribution < 1.29 is 9.53 Å². The van der Waals surface area contributed by atoms with Gasteiger partial charge in [-0.3, -0.25) is 10.1 Å². The summed E-state index contributed by atoms with van der Waals surface area (Å²) < 4.78 is 4.82. The number of carbonyl (C=O) groups is 1. The zero-order valence-corrected chi connectivity index (χ0v) is 11.1. The van der Waals surface area contributed by atoms with E-state index in [1.807, 2.05) is 12.1 Å². The van der Waals surface area contributed by atoms with Crippen molar-refractivity contribution >= 4 is 11.9 Å². The molecule has 0 radical (unpaired) electrons. The van der Waals surface area contributed by atoms with Gasteiger partial charge in [-0.15, -0.1) is 5.10 Å². The molecule has 6 heteroatoms. The van der Waals surface area contributed by atoms with Crippen LogP contribution < -0.4 is 10.1 Å². The Labute approximate surface area is 111 Å². The zero-order chi connectivity index (χ0) is 13.8. The summed E-state index contributed by atoms with van der Waals surface area (Å²) in [6, 6.07) is 7.66. The molecule has 0 atom stereocenters. The highest BCUT2D eigenvalue weighted by Gasteiger charge is 2.10. The molecule has 1 heterocycles. The van der Waals surface area contributed by atoms with Crippen molar-refractivity contribution in [3.63, 3.8) is 0 Å². The fraction of sp³-hybridized carbons (Fsp3) is 0.308. The quantitative estimate of drug-likeness (QED) is 0.883. The molecule has 0 aliphatic carbocycles. The van der Waals surface area contributed by atoms with Crippen LogP contribution >= 0.6 is 0 Å². The summed E-state index contributed by atoms with van der Waals surface area (Å²) in [5, 5.41) is 8.93. The number of hydrogen-bond acceptors (Lipinski definition) is 4. The highest BCUT2D eigenvalue weighted by atomic mass is 16.5. The third kappa shape index (κ3) is 3.09. The maximum atomic E-state index is 12.0. The van der Waals surface area contributed by atoms with Crippen LogP contribution in [-0.2, 0) is 0 Å². The minimum Gasteiger partial charge on any atom is -0.466 e. The Morgan fingerprint density at radius 3 is 2.53 bits per heavy atom. The van der Waals surface area contributed by atoms with Gasteiger partial charge in [-0.25, -0.2) is 5.10 Å². The molecule has 0 saturated carbocycles. The Morgan fingerprint density at radius 1 is 1.32 bits per heavy atom. The van der Waals surface area contributed by atoms with E-state index in [1.165, 1.54) is 12.7 Å². The van der Waals surface area contributed by atoms with Crippen LogP contribution in [-0.4, -0.2) is 28.2 Å². The number of hydrogen-bond donors (Lipinski definition) is 2. The van der Waals surface area contributed by atoms with E-state index in [0.29, 0.717) is 11.5 Å². The number of ether oxygens (including phenoxy) is 1. The molecule has 1 aromatic carbocycles. The number of rotatable bonds is 4. The number of nitrogens with one attached hydrogen (secondary N) is 2. The third-order valence-corrected chi connectivity index (χ3v) is 2.72. The first kappa shape index (κ1) is 13.1. The van der Waals surface area contributed by atoms with Gasteiger partial charge in [-0.05, 0) is 23.6 Å². The summed E-state index contributed by atoms with van der Waals surface area (Å²) in [7, 11) is 1.46. The standard InChI is InChI=1S/C13H16N4O2/c1-8(2)9-4-6-10(7-5-9)11(18)14-12-15-13(19-3)17-16-12/h4-8H,1-3H3,(H2,14,15,16,17,18). The van der Waals surface area contributed by atoms with Gasteiger partial charge in [0, 0.05) is 5.56 Å². The molecule has 2 aromatic rings. The predicted molar refractivity (Wildman–Crippen MR) is 71.4 cm³/mol. The molecule has 1 aromatic heterocycles. The molecule has 0 aliphatic heterocycles. The van der Waals surface area contributed by atoms with E-state index in [2.05, 4.69) is 34.3 Å². The van der Waals surface area contributed by atoms with Crippen molar-refractivity contribution in [3.8, 4) is 6.01 Å². The number of nitrogens with zero attached hydrogens (tertiary/aromatic N) is 2. The Morgan fingerprint density at radius 2 is 2.00 bits per heavy atom. The number of aromatic amines is 1. The second-order valence-electron chi connectivity index (χ2n) is 4.40. The van der Waals surface area contributed by atoms with Crippen LogP contribution in [0, 0.1) is 0 Å². The van der Waals surface area contributed by atoms with Gasteiger partial charge >= 0.3 is 6.01 Å². The first-order chi connectivity index (χ1) is 9.10. The number of amides is 1. The monoisotopic (exact) mass is 260 g/mol. The maximum absolute atomic E-state index is 12.0. The molecule has 2 N–H and O–H groups in total. The van der Waals surface area contributed by atoms with Crippen LogP contribution in [0.25, 0.3) is 0 Å². The lowest BCUT2D eigenvalue weighted by Gasteiger charge is -2.06. The van der Waals surface area contributed by atoms with E-state index >= 15 is 0 Å². The largest absolute Gasteiger partial charge is 0.466 e. The zero-order valence-electron chi connectivity index (χ0n) is 11.1. The Balaban J connectivity index is 2.07. The number of aromatic nitrogens is 3. The Bertz CT molecular complexity index is 560. The van der Waals surface area contributed by atoms with Gasteiger partial charge in [-0.1, -0.05) is 26.0 Å². The lowest BCUT2D eigenvalue weighted by atomic mass is 10.0. The molecule has 19 heavy (non-hydrogen) atoms. The summed E-state index contributed by atoms with van der Waals surface area (Å²) in [5.41, 5.74) is 1.76. The molecule has 0 bridgehead atoms. The summed E-state index contributed by atoms with van der Waals surface area (Å²) in [6.45, 7) is 4.21. The van der Waals surface area contributed by atoms with Crippen molar-refractivity contribution in [2.75, 3.05) is 12.4 Å². The minimum absolute atomic E-state index is 0.186. The van der Waals surface area contributed by atoms with Gasteiger partial charge in [0.25, 0.3) is 5.91 Å². The molecule has 2 rings (SSSR count). The number of methoxy groups -OCH3 is 1. The molecule has 6 nitrogen and oxygen atoms in total. The second-order valence-corrected chi connectivity index (χ2v) is 4.40. The topological polar surface area (TPSA) is 79.9 Å². The second kappa shape index (κ2) is 5.51. The van der Waals surface area contributed by atoms with Crippen LogP contribution in [0.15, 0.2) is 24.3 Å². The van der Waals surface area contributed by atoms with Crippen LogP contribution in [0.1, 0.15) is 35.7 Å². The molecule has 0 aliphatic rings. The van der Waals surface area contributed by atoms with Crippen molar-refractivity contribution in [1.82, 2.24) is 15.2 Å². The van der Waals surface area contributed by atoms with E-state index < -0.39 is 0 Å². The van der Waals surface area contributed by atoms with E-state index in [1.54, 1.807) is 12.1 Å². The van der Waals surface area contributed by atoms with Crippen molar-refractivity contribution in [2.24, 2.45) is 0 Å². The molecule has 100 valence electrons. The fourth-order valence-electron chi connectivity index (χ4n) is 1.59. The van der Waals surface area contributed by atoms with Crippen LogP contribution in [0.2, 0.25) is 0 Å². The predicted octanol–water partition coefficient (Wildman–Crippen LogP) is 2.19. The van der Waals surface area contributed by atoms with Crippen molar-refractivity contribution in [3.05, 3.63) is 35.4 Å². The maximum Gasteiger partial charge on any atom is 0.336 e. The normalized spacial score (nSPS) is 10.5. The lowest BCUT2D eigenvalue weighted by Crippen LogP contribution is -2.13. The van der Waals surface area contributed by atoms with E-state index in [0.717, 1.165) is 0 Å². The Kier molecular flexibility index (Phi) is 3.79. The van der Waals surface area contributed by atoms with Crippen LogP contribution in [0.3, 0.4) is 0 Å². The van der Waals surface area contributed by atoms with Crippen molar-refractivity contribution in [1.29, 1.82) is 0 Å². The average molecular weight is 260 g/mol. The number of benzene rings is 1. The van der Waals surface area contributed by atoms with E-state index in [-0.39, 0.29) is 17.9 Å². The number of H-pyrrole nitrogens is 1. The molecule has 0 saturated heterocycles. The summed E-state index contributed by atoms with van der Waals surface area (Å²) >= 11 is 0. The van der Waals surface area contributed by atoms with Gasteiger partial charge in [-0.2, -0.15) is 4.98 Å². The van der Waals surface area contributed by atoms with Crippen molar-refractivity contribution in [2.45, 2.75) is 19.8 Å². The summed E-state index contributed by atoms with van der Waals surface area (Å²) in [4.78, 5) is 15.9. The van der Waals surface area contributed by atoms with Gasteiger partial charge in [0.05, 0.1) is 7.11 Å². The fourth-order valence-corrected chi connectivity index (χ4v) is 1.59. The minimum atomic E-state index is -0.242. The first-order valence-corrected chi connectivity index (χ1v) is 5.98. The van der Waals surface area contributed by atoms with E-state index in [4.69, 9.17) is 4.74 Å². The van der Waals surface area contributed by atoms with Gasteiger partial charge < -0.3 is 4.74 Å². The molecular weight excluding hydrogens is 244 g/mol.